The maximum Gasteiger partial charge on any atom is 0.220 e. The molecular formula is C21H38N8O. The van der Waals surface area contributed by atoms with E-state index in [2.05, 4.69) is 37.6 Å². The van der Waals surface area contributed by atoms with Gasteiger partial charge in [-0.15, -0.1) is 10.2 Å². The zero-order chi connectivity index (χ0) is 21.5. The summed E-state index contributed by atoms with van der Waals surface area (Å²) in [5, 5.41) is 14.8. The van der Waals surface area contributed by atoms with Crippen molar-refractivity contribution in [1.29, 1.82) is 0 Å². The Morgan fingerprint density at radius 1 is 1.20 bits per heavy atom. The lowest BCUT2D eigenvalue weighted by molar-refractivity contribution is -0.121. The number of rotatable bonds is 7. The first-order valence-corrected chi connectivity index (χ1v) is 11.3. The van der Waals surface area contributed by atoms with Crippen molar-refractivity contribution in [2.45, 2.75) is 58.5 Å². The third-order valence-electron chi connectivity index (χ3n) is 6.62. The van der Waals surface area contributed by atoms with Crippen LogP contribution in [-0.4, -0.2) is 82.2 Å². The van der Waals surface area contributed by atoms with Crippen LogP contribution in [-0.2, 0) is 18.4 Å². The van der Waals surface area contributed by atoms with E-state index in [9.17, 15) is 4.79 Å². The molecule has 2 saturated heterocycles. The van der Waals surface area contributed by atoms with Gasteiger partial charge in [-0.25, -0.2) is 4.99 Å². The number of guanidine groups is 1. The first-order valence-electron chi connectivity index (χ1n) is 11.3. The fourth-order valence-electron chi connectivity index (χ4n) is 4.47. The van der Waals surface area contributed by atoms with Crippen LogP contribution in [0.4, 0.5) is 0 Å². The summed E-state index contributed by atoms with van der Waals surface area (Å²) in [6, 6.07) is 0.572. The van der Waals surface area contributed by atoms with Crippen molar-refractivity contribution in [3.63, 3.8) is 0 Å². The van der Waals surface area contributed by atoms with Crippen LogP contribution in [0.15, 0.2) is 4.99 Å². The van der Waals surface area contributed by atoms with E-state index in [0.717, 1.165) is 56.6 Å². The Labute approximate surface area is 180 Å². The lowest BCUT2D eigenvalue weighted by Gasteiger charge is -2.35. The summed E-state index contributed by atoms with van der Waals surface area (Å²) in [6.07, 6.45) is 5.17. The summed E-state index contributed by atoms with van der Waals surface area (Å²) in [5.41, 5.74) is 0. The molecule has 2 aliphatic rings. The molecule has 3 heterocycles. The number of nitrogens with one attached hydrogen (secondary N) is 2. The van der Waals surface area contributed by atoms with Crippen molar-refractivity contribution in [1.82, 2.24) is 35.2 Å². The van der Waals surface area contributed by atoms with Gasteiger partial charge in [-0.1, -0.05) is 6.92 Å². The zero-order valence-electron chi connectivity index (χ0n) is 19.0. The molecule has 1 amide bonds. The van der Waals surface area contributed by atoms with Crippen LogP contribution in [0.2, 0.25) is 0 Å². The molecule has 30 heavy (non-hydrogen) atoms. The lowest BCUT2D eigenvalue weighted by atomic mass is 9.93. The third kappa shape index (κ3) is 5.71. The van der Waals surface area contributed by atoms with Gasteiger partial charge in [0.15, 0.2) is 11.8 Å². The van der Waals surface area contributed by atoms with E-state index >= 15 is 0 Å². The van der Waals surface area contributed by atoms with Crippen LogP contribution in [0, 0.1) is 12.8 Å². The maximum absolute atomic E-state index is 11.7. The number of hydrogen-bond acceptors (Lipinski definition) is 5. The number of amides is 1. The third-order valence-corrected chi connectivity index (χ3v) is 6.62. The highest BCUT2D eigenvalue weighted by Gasteiger charge is 2.26. The normalized spacial score (nSPS) is 21.3. The Balaban J connectivity index is 1.64. The van der Waals surface area contributed by atoms with Gasteiger partial charge in [0.1, 0.15) is 12.4 Å². The molecule has 1 atom stereocenters. The molecular weight excluding hydrogens is 380 g/mol. The van der Waals surface area contributed by atoms with Crippen LogP contribution in [0.3, 0.4) is 0 Å². The van der Waals surface area contributed by atoms with Gasteiger partial charge in [-0.2, -0.15) is 0 Å². The fraction of sp³-hybridized carbons (Fsp3) is 0.810. The molecule has 0 spiro atoms. The van der Waals surface area contributed by atoms with Gasteiger partial charge in [-0.05, 0) is 51.6 Å². The van der Waals surface area contributed by atoms with Gasteiger partial charge >= 0.3 is 0 Å². The van der Waals surface area contributed by atoms with Crippen molar-refractivity contribution >= 4 is 11.9 Å². The summed E-state index contributed by atoms with van der Waals surface area (Å²) in [7, 11) is 3.69. The van der Waals surface area contributed by atoms with E-state index in [4.69, 9.17) is 4.99 Å². The second-order valence-corrected chi connectivity index (χ2v) is 8.48. The average molecular weight is 419 g/mol. The van der Waals surface area contributed by atoms with Gasteiger partial charge in [-0.3, -0.25) is 9.69 Å². The van der Waals surface area contributed by atoms with Crippen LogP contribution in [0.25, 0.3) is 0 Å². The first kappa shape index (κ1) is 22.5. The van der Waals surface area contributed by atoms with E-state index in [-0.39, 0.29) is 5.91 Å². The van der Waals surface area contributed by atoms with Gasteiger partial charge in [0.05, 0.1) is 0 Å². The smallest absolute Gasteiger partial charge is 0.220 e. The molecule has 168 valence electrons. The summed E-state index contributed by atoms with van der Waals surface area (Å²) in [4.78, 5) is 21.5. The van der Waals surface area contributed by atoms with Gasteiger partial charge in [0.2, 0.25) is 5.91 Å². The first-order chi connectivity index (χ1) is 14.5. The minimum atomic E-state index is 0.138. The molecule has 0 aliphatic carbocycles. The van der Waals surface area contributed by atoms with Gasteiger partial charge < -0.3 is 20.1 Å². The molecule has 2 aliphatic heterocycles. The number of likely N-dealkylation sites (tertiary alicyclic amines) is 2. The Morgan fingerprint density at radius 2 is 1.97 bits per heavy atom. The predicted molar refractivity (Wildman–Crippen MR) is 118 cm³/mol. The Bertz CT molecular complexity index is 723. The standard InChI is InChI=1S/C21H38N8O/c1-5-28-10-6-7-18(28)14-23-21(24-15-19-26-25-16(2)27(19)4)29-11-8-17(9-12-29)13-20(30)22-3/h17-18H,5-15H2,1-4H3,(H,22,30)(H,23,24). The zero-order valence-corrected chi connectivity index (χ0v) is 19.0. The van der Waals surface area contributed by atoms with E-state index in [0.29, 0.717) is 24.9 Å². The second kappa shape index (κ2) is 10.7. The molecule has 3 rings (SSSR count). The van der Waals surface area contributed by atoms with E-state index in [1.54, 1.807) is 7.05 Å². The number of likely N-dealkylation sites (N-methyl/N-ethyl adjacent to an activating group) is 1. The largest absolute Gasteiger partial charge is 0.359 e. The van der Waals surface area contributed by atoms with Crippen molar-refractivity contribution in [3.8, 4) is 0 Å². The number of piperidine rings is 1. The number of nitrogens with zero attached hydrogens (tertiary/aromatic N) is 6. The SMILES string of the molecule is CCN1CCCC1CNC(=NCc1nnc(C)n1C)N1CCC(CC(=O)NC)CC1. The van der Waals surface area contributed by atoms with Crippen molar-refractivity contribution in [2.24, 2.45) is 18.0 Å². The molecule has 0 bridgehead atoms. The summed E-state index contributed by atoms with van der Waals surface area (Å²) >= 11 is 0. The molecule has 1 aromatic rings. The van der Waals surface area contributed by atoms with Gasteiger partial charge in [0, 0.05) is 46.2 Å². The monoisotopic (exact) mass is 418 g/mol. The second-order valence-electron chi connectivity index (χ2n) is 8.48. The highest BCUT2D eigenvalue weighted by atomic mass is 16.1. The Morgan fingerprint density at radius 3 is 2.60 bits per heavy atom. The molecule has 1 aromatic heterocycles. The summed E-state index contributed by atoms with van der Waals surface area (Å²) in [6.45, 7) is 9.76. The maximum atomic E-state index is 11.7. The highest BCUT2D eigenvalue weighted by molar-refractivity contribution is 5.80. The highest BCUT2D eigenvalue weighted by Crippen LogP contribution is 2.21. The number of carbonyl (C=O) groups excluding carboxylic acids is 1. The minimum Gasteiger partial charge on any atom is -0.359 e. The molecule has 0 radical (unpaired) electrons. The minimum absolute atomic E-state index is 0.138. The van der Waals surface area contributed by atoms with Crippen molar-refractivity contribution < 1.29 is 4.79 Å². The Kier molecular flexibility index (Phi) is 8.07. The van der Waals surface area contributed by atoms with Crippen LogP contribution in [0.1, 0.15) is 50.7 Å². The number of aryl methyl sites for hydroxylation is 1. The molecule has 1 unspecified atom stereocenters. The van der Waals surface area contributed by atoms with Crippen molar-refractivity contribution in [2.75, 3.05) is 39.8 Å². The van der Waals surface area contributed by atoms with Crippen LogP contribution >= 0.6 is 0 Å². The Hall–Kier alpha value is -2.16. The quantitative estimate of drug-likeness (QED) is 0.505. The van der Waals surface area contributed by atoms with Crippen molar-refractivity contribution in [3.05, 3.63) is 11.6 Å². The number of aromatic nitrogens is 3. The van der Waals surface area contributed by atoms with E-state index in [1.165, 1.54) is 19.4 Å². The number of carbonyl (C=O) groups is 1. The predicted octanol–water partition coefficient (Wildman–Crippen LogP) is 0.902. The van der Waals surface area contributed by atoms with Crippen LogP contribution in [0.5, 0.6) is 0 Å². The molecule has 2 fully saturated rings. The topological polar surface area (TPSA) is 90.7 Å². The molecule has 9 nitrogen and oxygen atoms in total. The average Bonchev–Trinajstić information content (AvgIpc) is 3.35. The number of hydrogen-bond donors (Lipinski definition) is 2. The van der Waals surface area contributed by atoms with Gasteiger partial charge in [0.25, 0.3) is 0 Å². The summed E-state index contributed by atoms with van der Waals surface area (Å²) in [5.74, 6) is 3.32. The molecule has 0 aromatic carbocycles. The lowest BCUT2D eigenvalue weighted by Crippen LogP contribution is -2.49. The molecule has 0 saturated carbocycles. The molecule has 9 heteroatoms. The fourth-order valence-corrected chi connectivity index (χ4v) is 4.47. The molecule has 2 N–H and O–H groups in total. The number of aliphatic imine (C=N–C) groups is 1. The van der Waals surface area contributed by atoms with E-state index in [1.807, 2.05) is 18.5 Å². The van der Waals surface area contributed by atoms with E-state index < -0.39 is 0 Å². The summed E-state index contributed by atoms with van der Waals surface area (Å²) < 4.78 is 1.99. The van der Waals surface area contributed by atoms with Crippen LogP contribution < -0.4 is 10.6 Å².